The van der Waals surface area contributed by atoms with Crippen LogP contribution in [0, 0.1) is 5.92 Å². The van der Waals surface area contributed by atoms with Gasteiger partial charge in [-0.25, -0.2) is 4.79 Å². The molecule has 194 valence electrons. The average Bonchev–Trinajstić information content (AvgIpc) is 3.33. The number of hydrogen-bond donors (Lipinski definition) is 1. The molecule has 0 saturated heterocycles. The van der Waals surface area contributed by atoms with Crippen LogP contribution in [0.15, 0.2) is 63.4 Å². The number of halogens is 1. The number of ether oxygens (including phenoxy) is 4. The van der Waals surface area contributed by atoms with Crippen LogP contribution in [-0.2, 0) is 14.3 Å². The number of rotatable bonds is 6. The molecular formula is C29H30BrNO6. The summed E-state index contributed by atoms with van der Waals surface area (Å²) in [4.78, 5) is 27.3. The van der Waals surface area contributed by atoms with Gasteiger partial charge in [0.2, 0.25) is 6.79 Å². The second kappa shape index (κ2) is 10.2. The van der Waals surface area contributed by atoms with Crippen LogP contribution < -0.4 is 19.5 Å². The van der Waals surface area contributed by atoms with Crippen molar-refractivity contribution >= 4 is 27.7 Å². The molecular weight excluding hydrogens is 538 g/mol. The van der Waals surface area contributed by atoms with Gasteiger partial charge in [0.25, 0.3) is 0 Å². The first-order chi connectivity index (χ1) is 17.8. The molecule has 5 rings (SSSR count). The SMILES string of the molecule is COc1ccc([C@@H]2CC(=O)C3=C(C2)NC(C)=C(C(=O)OCC(C)C)[C@@H]3c2cc3c(cc2Br)OCO3)cc1. The second-order valence-corrected chi connectivity index (χ2v) is 10.9. The number of ketones is 1. The zero-order valence-electron chi connectivity index (χ0n) is 21.4. The number of fused-ring (bicyclic) bond motifs is 1. The van der Waals surface area contributed by atoms with Crippen molar-refractivity contribution in [2.24, 2.45) is 5.92 Å². The molecule has 0 aromatic heterocycles. The first-order valence-corrected chi connectivity index (χ1v) is 13.2. The maximum atomic E-state index is 13.8. The summed E-state index contributed by atoms with van der Waals surface area (Å²) in [6.45, 7) is 6.27. The monoisotopic (exact) mass is 567 g/mol. The van der Waals surface area contributed by atoms with Gasteiger partial charge in [-0.2, -0.15) is 0 Å². The van der Waals surface area contributed by atoms with E-state index in [2.05, 4.69) is 21.2 Å². The maximum Gasteiger partial charge on any atom is 0.336 e. The first-order valence-electron chi connectivity index (χ1n) is 12.4. The zero-order chi connectivity index (χ0) is 26.3. The standard InChI is InChI=1S/C29H30BrNO6/c1-15(2)13-35-29(33)26-16(3)31-22-9-18(17-5-7-19(34-4)8-6-17)10-23(32)28(22)27(26)20-11-24-25(12-21(20)30)37-14-36-24/h5-8,11-12,15,18,27,31H,9-10,13-14H2,1-4H3/t18-,27-/m0/s1. The molecule has 2 atom stereocenters. The van der Waals surface area contributed by atoms with Crippen molar-refractivity contribution in [3.63, 3.8) is 0 Å². The molecule has 2 aromatic carbocycles. The number of benzene rings is 2. The Morgan fingerprint density at radius 3 is 2.51 bits per heavy atom. The lowest BCUT2D eigenvalue weighted by Gasteiger charge is -2.37. The summed E-state index contributed by atoms with van der Waals surface area (Å²) in [5, 5.41) is 3.40. The normalized spacial score (nSPS) is 20.6. The topological polar surface area (TPSA) is 83.1 Å². The summed E-state index contributed by atoms with van der Waals surface area (Å²) in [5.74, 6) is 1.18. The number of hydrogen-bond acceptors (Lipinski definition) is 7. The molecule has 1 N–H and O–H groups in total. The van der Waals surface area contributed by atoms with Gasteiger partial charge in [-0.15, -0.1) is 0 Å². The van der Waals surface area contributed by atoms with Crippen molar-refractivity contribution in [2.45, 2.75) is 45.4 Å². The van der Waals surface area contributed by atoms with Crippen LogP contribution in [0.1, 0.15) is 56.6 Å². The Hall–Kier alpha value is -3.26. The number of methoxy groups -OCH3 is 1. The summed E-state index contributed by atoms with van der Waals surface area (Å²) in [5.41, 5.74) is 4.41. The Morgan fingerprint density at radius 2 is 1.84 bits per heavy atom. The van der Waals surface area contributed by atoms with E-state index in [1.54, 1.807) is 7.11 Å². The van der Waals surface area contributed by atoms with Crippen LogP contribution >= 0.6 is 15.9 Å². The van der Waals surface area contributed by atoms with Gasteiger partial charge >= 0.3 is 5.97 Å². The molecule has 1 aliphatic carbocycles. The highest BCUT2D eigenvalue weighted by Gasteiger charge is 2.42. The van der Waals surface area contributed by atoms with Gasteiger partial charge in [0, 0.05) is 33.8 Å². The summed E-state index contributed by atoms with van der Waals surface area (Å²) < 4.78 is 22.9. The molecule has 37 heavy (non-hydrogen) atoms. The quantitative estimate of drug-likeness (QED) is 0.445. The molecule has 7 nitrogen and oxygen atoms in total. The van der Waals surface area contributed by atoms with Crippen LogP contribution in [0.3, 0.4) is 0 Å². The fourth-order valence-electron chi connectivity index (χ4n) is 5.21. The average molecular weight is 568 g/mol. The molecule has 0 spiro atoms. The van der Waals surface area contributed by atoms with Gasteiger partial charge in [-0.3, -0.25) is 4.79 Å². The summed E-state index contributed by atoms with van der Waals surface area (Å²) >= 11 is 3.67. The fraction of sp³-hybridized carbons (Fsp3) is 0.379. The lowest BCUT2D eigenvalue weighted by atomic mass is 9.71. The van der Waals surface area contributed by atoms with Crippen LogP contribution in [0.25, 0.3) is 0 Å². The Morgan fingerprint density at radius 1 is 1.14 bits per heavy atom. The highest BCUT2D eigenvalue weighted by molar-refractivity contribution is 9.10. The van der Waals surface area contributed by atoms with Crippen molar-refractivity contribution in [2.75, 3.05) is 20.5 Å². The van der Waals surface area contributed by atoms with Gasteiger partial charge in [-0.05, 0) is 60.6 Å². The van der Waals surface area contributed by atoms with Gasteiger partial charge in [0.15, 0.2) is 17.3 Å². The van der Waals surface area contributed by atoms with E-state index in [1.807, 2.05) is 57.2 Å². The first kappa shape index (κ1) is 25.4. The van der Waals surface area contributed by atoms with Gasteiger partial charge in [-0.1, -0.05) is 41.9 Å². The van der Waals surface area contributed by atoms with Crippen LogP contribution in [0.2, 0.25) is 0 Å². The smallest absolute Gasteiger partial charge is 0.336 e. The predicted molar refractivity (Wildman–Crippen MR) is 142 cm³/mol. The molecule has 0 saturated carbocycles. The Balaban J connectivity index is 1.58. The zero-order valence-corrected chi connectivity index (χ0v) is 22.9. The van der Waals surface area contributed by atoms with Gasteiger partial charge < -0.3 is 24.3 Å². The van der Waals surface area contributed by atoms with Crippen LogP contribution in [0.4, 0.5) is 0 Å². The Labute approximate surface area is 224 Å². The number of nitrogens with one attached hydrogen (secondary N) is 1. The van der Waals surface area contributed by atoms with Crippen molar-refractivity contribution in [3.8, 4) is 17.2 Å². The van der Waals surface area contributed by atoms with Crippen molar-refractivity contribution in [1.82, 2.24) is 5.32 Å². The van der Waals surface area contributed by atoms with Crippen LogP contribution in [0.5, 0.6) is 17.2 Å². The molecule has 0 bridgehead atoms. The molecule has 0 fully saturated rings. The summed E-state index contributed by atoms with van der Waals surface area (Å²) in [6, 6.07) is 11.5. The van der Waals surface area contributed by atoms with E-state index in [-0.39, 0.29) is 24.4 Å². The summed E-state index contributed by atoms with van der Waals surface area (Å²) in [6.07, 6.45) is 0.997. The van der Waals surface area contributed by atoms with Crippen LogP contribution in [-0.4, -0.2) is 32.3 Å². The molecule has 2 aromatic rings. The number of dihydropyridines is 1. The molecule has 3 aliphatic rings. The summed E-state index contributed by atoms with van der Waals surface area (Å²) in [7, 11) is 1.63. The minimum atomic E-state index is -0.593. The largest absolute Gasteiger partial charge is 0.497 e. The molecule has 8 heteroatoms. The predicted octanol–water partition coefficient (Wildman–Crippen LogP) is 5.75. The van der Waals surface area contributed by atoms with E-state index in [9.17, 15) is 9.59 Å². The lowest BCUT2D eigenvalue weighted by Crippen LogP contribution is -2.36. The number of Topliss-reactive ketones (excluding diaryl/α,β-unsaturated/α-hetero) is 1. The Kier molecular flexibility index (Phi) is 7.03. The molecule has 2 aliphatic heterocycles. The molecule has 0 radical (unpaired) electrons. The van der Waals surface area contributed by atoms with E-state index < -0.39 is 11.9 Å². The fourth-order valence-corrected chi connectivity index (χ4v) is 5.76. The van der Waals surface area contributed by atoms with E-state index >= 15 is 0 Å². The highest BCUT2D eigenvalue weighted by atomic mass is 79.9. The Bertz CT molecular complexity index is 1310. The third-order valence-corrected chi connectivity index (χ3v) is 7.67. The van der Waals surface area contributed by atoms with E-state index in [4.69, 9.17) is 18.9 Å². The maximum absolute atomic E-state index is 13.8. The number of carbonyl (C=O) groups is 2. The van der Waals surface area contributed by atoms with E-state index in [0.717, 1.165) is 27.0 Å². The van der Waals surface area contributed by atoms with Gasteiger partial charge in [0.1, 0.15) is 5.75 Å². The minimum absolute atomic E-state index is 0.00537. The number of allylic oxidation sites excluding steroid dienone is 3. The third-order valence-electron chi connectivity index (χ3n) is 6.99. The van der Waals surface area contributed by atoms with Crippen molar-refractivity contribution in [3.05, 3.63) is 74.5 Å². The molecule has 2 heterocycles. The van der Waals surface area contributed by atoms with E-state index in [1.165, 1.54) is 0 Å². The highest BCUT2D eigenvalue weighted by Crippen LogP contribution is 2.49. The van der Waals surface area contributed by atoms with Gasteiger partial charge in [0.05, 0.1) is 19.3 Å². The van der Waals surface area contributed by atoms with Crippen molar-refractivity contribution in [1.29, 1.82) is 0 Å². The van der Waals surface area contributed by atoms with Crippen molar-refractivity contribution < 1.29 is 28.5 Å². The third kappa shape index (κ3) is 4.87. The molecule has 0 unspecified atom stereocenters. The lowest BCUT2D eigenvalue weighted by molar-refractivity contribution is -0.140. The number of esters is 1. The minimum Gasteiger partial charge on any atom is -0.497 e. The van der Waals surface area contributed by atoms with E-state index in [0.29, 0.717) is 47.8 Å². The second-order valence-electron chi connectivity index (χ2n) is 10.0. The number of carbonyl (C=O) groups excluding carboxylic acids is 2. The molecule has 0 amide bonds.